The van der Waals surface area contributed by atoms with Crippen molar-refractivity contribution in [2.45, 2.75) is 30.1 Å². The van der Waals surface area contributed by atoms with Gasteiger partial charge in [-0.15, -0.1) is 16.4 Å². The van der Waals surface area contributed by atoms with Crippen molar-refractivity contribution in [1.29, 1.82) is 0 Å². The largest absolute Gasteiger partial charge is 0.508 e. The van der Waals surface area contributed by atoms with Gasteiger partial charge >= 0.3 is 5.97 Å². The van der Waals surface area contributed by atoms with E-state index in [1.54, 1.807) is 24.3 Å². The van der Waals surface area contributed by atoms with Gasteiger partial charge in [-0.3, -0.25) is 0 Å². The van der Waals surface area contributed by atoms with E-state index in [2.05, 4.69) is 15.0 Å². The van der Waals surface area contributed by atoms with Gasteiger partial charge in [-0.05, 0) is 36.8 Å². The molecule has 0 fully saturated rings. The van der Waals surface area contributed by atoms with Crippen LogP contribution in [0.3, 0.4) is 0 Å². The normalized spacial score (nSPS) is 12.6. The van der Waals surface area contributed by atoms with Crippen LogP contribution in [-0.2, 0) is 32.5 Å². The number of nitrogens with zero attached hydrogens (tertiary/aromatic N) is 3. The molecule has 2 heterocycles. The highest BCUT2D eigenvalue weighted by Crippen LogP contribution is 2.21. The van der Waals surface area contributed by atoms with Crippen LogP contribution >= 0.6 is 11.3 Å². The molecule has 0 radical (unpaired) electrons. The number of carbonyl (C=O) groups is 1. The van der Waals surface area contributed by atoms with E-state index in [1.807, 2.05) is 6.92 Å². The van der Waals surface area contributed by atoms with Crippen molar-refractivity contribution >= 4 is 27.3 Å². The van der Waals surface area contributed by atoms with Gasteiger partial charge in [-0.25, -0.2) is 22.6 Å². The maximum absolute atomic E-state index is 12.3. The molecule has 154 valence electrons. The summed E-state index contributed by atoms with van der Waals surface area (Å²) < 4.78 is 33.6. The third kappa shape index (κ3) is 5.19. The number of thiophene rings is 1. The monoisotopic (exact) mass is 436 g/mol. The van der Waals surface area contributed by atoms with Crippen LogP contribution in [0.1, 0.15) is 22.2 Å². The van der Waals surface area contributed by atoms with Crippen LogP contribution in [0.2, 0.25) is 0 Å². The molecule has 29 heavy (non-hydrogen) atoms. The van der Waals surface area contributed by atoms with Crippen LogP contribution in [0.4, 0.5) is 0 Å². The first-order chi connectivity index (χ1) is 13.8. The number of phenolic OH excluding ortho intramolecular Hbond substituents is 1. The number of phenols is 1. The number of nitrogens with one attached hydrogen (secondary N) is 1. The number of carbonyl (C=O) groups excluding carboxylic acids is 1. The third-order valence-electron chi connectivity index (χ3n) is 4.14. The number of ether oxygens (including phenoxy) is 1. The molecule has 1 aromatic carbocycles. The summed E-state index contributed by atoms with van der Waals surface area (Å²) in [5.41, 5.74) is 1.16. The number of hydrogen-bond donors (Lipinski definition) is 2. The number of hydrogen-bond acceptors (Lipinski definition) is 8. The molecule has 0 saturated carbocycles. The first-order valence-corrected chi connectivity index (χ1v) is 10.9. The maximum atomic E-state index is 12.3. The van der Waals surface area contributed by atoms with Crippen LogP contribution in [0.5, 0.6) is 5.75 Å². The molecule has 0 bridgehead atoms. The summed E-state index contributed by atoms with van der Waals surface area (Å²) in [6, 6.07) is 8.95. The highest BCUT2D eigenvalue weighted by atomic mass is 32.2. The zero-order chi connectivity index (χ0) is 21.0. The molecular weight excluding hydrogens is 416 g/mol. The van der Waals surface area contributed by atoms with E-state index in [0.717, 1.165) is 10.4 Å². The van der Waals surface area contributed by atoms with Crippen LogP contribution in [0.15, 0.2) is 46.8 Å². The minimum absolute atomic E-state index is 0.0631. The third-order valence-corrected chi connectivity index (χ3v) is 7.03. The Morgan fingerprint density at radius 3 is 2.62 bits per heavy atom. The van der Waals surface area contributed by atoms with Crippen molar-refractivity contribution in [3.8, 4) is 5.75 Å². The summed E-state index contributed by atoms with van der Waals surface area (Å²) in [7, 11) is -2.37. The van der Waals surface area contributed by atoms with Gasteiger partial charge in [0, 0.05) is 11.3 Å². The van der Waals surface area contributed by atoms with Gasteiger partial charge < -0.3 is 9.84 Å². The molecule has 0 saturated heterocycles. The minimum Gasteiger partial charge on any atom is -0.508 e. The van der Waals surface area contributed by atoms with Gasteiger partial charge in [0.1, 0.15) is 9.96 Å². The highest BCUT2D eigenvalue weighted by Gasteiger charge is 2.24. The van der Waals surface area contributed by atoms with Crippen LogP contribution in [-0.4, -0.2) is 41.6 Å². The molecule has 3 rings (SSSR count). The van der Waals surface area contributed by atoms with E-state index < -0.39 is 22.0 Å². The average molecular weight is 437 g/mol. The van der Waals surface area contributed by atoms with Gasteiger partial charge in [0.15, 0.2) is 6.04 Å². The summed E-state index contributed by atoms with van der Waals surface area (Å²) >= 11 is 1.18. The predicted molar refractivity (Wildman–Crippen MR) is 106 cm³/mol. The fraction of sp³-hybridized carbons (Fsp3) is 0.278. The van der Waals surface area contributed by atoms with Crippen molar-refractivity contribution < 1.29 is 23.1 Å². The smallest absolute Gasteiger partial charge is 0.331 e. The molecule has 2 aromatic heterocycles. The SMILES string of the molecule is COC(=O)C(Cc1ccc(O)cc1)n1cc(CNS(=O)(=O)c2ccc(C)s2)nn1. The number of methoxy groups -OCH3 is 1. The Morgan fingerprint density at radius 2 is 2.00 bits per heavy atom. The molecule has 0 aliphatic carbocycles. The number of rotatable bonds is 8. The van der Waals surface area contributed by atoms with Gasteiger partial charge in [0.05, 0.1) is 25.5 Å². The number of aromatic hydroxyl groups is 1. The number of esters is 1. The van der Waals surface area contributed by atoms with Crippen LogP contribution in [0.25, 0.3) is 0 Å². The van der Waals surface area contributed by atoms with Gasteiger partial charge in [0.25, 0.3) is 0 Å². The first-order valence-electron chi connectivity index (χ1n) is 8.61. The number of aromatic nitrogens is 3. The van der Waals surface area contributed by atoms with E-state index in [9.17, 15) is 18.3 Å². The predicted octanol–water partition coefficient (Wildman–Crippen LogP) is 1.79. The summed E-state index contributed by atoms with van der Waals surface area (Å²) in [4.78, 5) is 13.1. The minimum atomic E-state index is -3.65. The van der Waals surface area contributed by atoms with Crippen molar-refractivity contribution in [3.63, 3.8) is 0 Å². The molecule has 0 aliphatic heterocycles. The summed E-state index contributed by atoms with van der Waals surface area (Å²) in [6.45, 7) is 1.77. The summed E-state index contributed by atoms with van der Waals surface area (Å²) in [5.74, 6) is -0.385. The Balaban J connectivity index is 1.73. The van der Waals surface area contributed by atoms with Crippen LogP contribution < -0.4 is 4.72 Å². The molecular formula is C18H20N4O5S2. The second-order valence-electron chi connectivity index (χ2n) is 6.29. The van der Waals surface area contributed by atoms with E-state index in [0.29, 0.717) is 5.69 Å². The van der Waals surface area contributed by atoms with E-state index >= 15 is 0 Å². The Bertz CT molecular complexity index is 1090. The first kappa shape index (κ1) is 21.0. The average Bonchev–Trinajstić information content (AvgIpc) is 3.35. The quantitative estimate of drug-likeness (QED) is 0.516. The Labute approximate surface area is 172 Å². The summed E-state index contributed by atoms with van der Waals surface area (Å²) in [6.07, 6.45) is 1.78. The van der Waals surface area contributed by atoms with Crippen molar-refractivity contribution in [2.75, 3.05) is 7.11 Å². The fourth-order valence-electron chi connectivity index (χ4n) is 2.62. The fourth-order valence-corrected chi connectivity index (χ4v) is 4.95. The molecule has 1 atom stereocenters. The van der Waals surface area contributed by atoms with Gasteiger partial charge in [-0.1, -0.05) is 17.3 Å². The zero-order valence-corrected chi connectivity index (χ0v) is 17.4. The molecule has 1 unspecified atom stereocenters. The van der Waals surface area contributed by atoms with E-state index in [-0.39, 0.29) is 22.9 Å². The Kier molecular flexibility index (Phi) is 6.30. The van der Waals surface area contributed by atoms with Crippen molar-refractivity contribution in [3.05, 3.63) is 58.7 Å². The lowest BCUT2D eigenvalue weighted by Crippen LogP contribution is -2.24. The number of benzene rings is 1. The maximum Gasteiger partial charge on any atom is 0.331 e. The molecule has 3 aromatic rings. The highest BCUT2D eigenvalue weighted by molar-refractivity contribution is 7.91. The number of sulfonamides is 1. The lowest BCUT2D eigenvalue weighted by molar-refractivity contribution is -0.144. The van der Waals surface area contributed by atoms with Crippen molar-refractivity contribution in [1.82, 2.24) is 19.7 Å². The summed E-state index contributed by atoms with van der Waals surface area (Å²) in [5, 5.41) is 17.3. The standard InChI is InChI=1S/C18H20N4O5S2/c1-12-3-8-17(28-12)29(25,26)19-10-14-11-22(21-20-14)16(18(24)27-2)9-13-4-6-15(23)7-5-13/h3-8,11,16,19,23H,9-10H2,1-2H3. The van der Waals surface area contributed by atoms with Crippen molar-refractivity contribution in [2.24, 2.45) is 0 Å². The lowest BCUT2D eigenvalue weighted by atomic mass is 10.1. The van der Waals surface area contributed by atoms with E-state index in [1.165, 1.54) is 41.5 Å². The molecule has 9 nitrogen and oxygen atoms in total. The molecule has 11 heteroatoms. The zero-order valence-electron chi connectivity index (χ0n) is 15.8. The lowest BCUT2D eigenvalue weighted by Gasteiger charge is -2.14. The van der Waals surface area contributed by atoms with Crippen LogP contribution in [0, 0.1) is 6.92 Å². The second kappa shape index (κ2) is 8.72. The molecule has 2 N–H and O–H groups in total. The molecule has 0 amide bonds. The second-order valence-corrected chi connectivity index (χ2v) is 9.57. The van der Waals surface area contributed by atoms with Gasteiger partial charge in [-0.2, -0.15) is 0 Å². The molecule has 0 spiro atoms. The Hall–Kier alpha value is -2.76. The van der Waals surface area contributed by atoms with Gasteiger partial charge in [0.2, 0.25) is 10.0 Å². The van der Waals surface area contributed by atoms with E-state index in [4.69, 9.17) is 4.74 Å². The topological polar surface area (TPSA) is 123 Å². The molecule has 0 aliphatic rings. The number of aryl methyl sites for hydroxylation is 1. The Morgan fingerprint density at radius 1 is 1.28 bits per heavy atom.